The Bertz CT molecular complexity index is 839. The predicted octanol–water partition coefficient (Wildman–Crippen LogP) is 3.14. The van der Waals surface area contributed by atoms with Gasteiger partial charge in [0.15, 0.2) is 5.71 Å². The Morgan fingerprint density at radius 2 is 1.75 bits per heavy atom. The van der Waals surface area contributed by atoms with Crippen LogP contribution < -0.4 is 10.3 Å². The van der Waals surface area contributed by atoms with Gasteiger partial charge in [-0.2, -0.15) is 10.1 Å². The summed E-state index contributed by atoms with van der Waals surface area (Å²) in [4.78, 5) is 28.0. The summed E-state index contributed by atoms with van der Waals surface area (Å²) in [5.41, 5.74) is 2.88. The van der Waals surface area contributed by atoms with Gasteiger partial charge in [0.25, 0.3) is 5.91 Å². The first-order valence-corrected chi connectivity index (χ1v) is 7.46. The van der Waals surface area contributed by atoms with E-state index in [2.05, 4.69) is 15.4 Å². The molecule has 1 N–H and O–H groups in total. The molecule has 2 amide bonds. The van der Waals surface area contributed by atoms with Crippen LogP contribution in [0.1, 0.15) is 13.8 Å². The fourth-order valence-corrected chi connectivity index (χ4v) is 2.32. The van der Waals surface area contributed by atoms with Crippen molar-refractivity contribution in [1.29, 1.82) is 0 Å². The number of rotatable bonds is 3. The summed E-state index contributed by atoms with van der Waals surface area (Å²) in [6.45, 7) is 3.20. The minimum Gasteiger partial charge on any atom is -0.326 e. The van der Waals surface area contributed by atoms with E-state index in [1.165, 1.54) is 11.9 Å². The summed E-state index contributed by atoms with van der Waals surface area (Å²) < 4.78 is 0. The molecule has 6 nitrogen and oxygen atoms in total. The van der Waals surface area contributed by atoms with Gasteiger partial charge in [-0.05, 0) is 43.3 Å². The third-order valence-electron chi connectivity index (χ3n) is 3.42. The molecule has 120 valence electrons. The van der Waals surface area contributed by atoms with Crippen molar-refractivity contribution in [2.75, 3.05) is 10.3 Å². The lowest BCUT2D eigenvalue weighted by atomic mass is 10.2. The van der Waals surface area contributed by atoms with Gasteiger partial charge < -0.3 is 5.32 Å². The van der Waals surface area contributed by atoms with Gasteiger partial charge in [0, 0.05) is 12.6 Å². The molecule has 1 aliphatic rings. The number of carbonyl (C=O) groups excluding carboxylic acids is 2. The molecule has 2 aromatic rings. The van der Waals surface area contributed by atoms with E-state index in [0.717, 1.165) is 0 Å². The number of benzene rings is 2. The molecule has 0 saturated heterocycles. The van der Waals surface area contributed by atoms with Gasteiger partial charge in [-0.15, -0.1) is 0 Å². The molecule has 0 aromatic heterocycles. The van der Waals surface area contributed by atoms with Crippen molar-refractivity contribution >= 4 is 40.3 Å². The van der Waals surface area contributed by atoms with Crippen molar-refractivity contribution in [3.63, 3.8) is 0 Å². The topological polar surface area (TPSA) is 74.1 Å². The van der Waals surface area contributed by atoms with Crippen LogP contribution in [0.4, 0.5) is 17.1 Å². The number of amides is 2. The van der Waals surface area contributed by atoms with Crippen molar-refractivity contribution in [2.24, 2.45) is 10.1 Å². The lowest BCUT2D eigenvalue weighted by Crippen LogP contribution is -2.26. The summed E-state index contributed by atoms with van der Waals surface area (Å²) in [6.07, 6.45) is 0. The zero-order chi connectivity index (χ0) is 17.1. The summed E-state index contributed by atoms with van der Waals surface area (Å²) in [7, 11) is 0. The number of hydrogen-bond donors (Lipinski definition) is 1. The molecule has 0 saturated carbocycles. The molecule has 0 unspecified atom stereocenters. The van der Waals surface area contributed by atoms with Gasteiger partial charge in [0.05, 0.1) is 17.1 Å². The maximum absolute atomic E-state index is 12.6. The lowest BCUT2D eigenvalue weighted by molar-refractivity contribution is -0.114. The molecule has 0 bridgehead atoms. The Morgan fingerprint density at radius 3 is 2.38 bits per heavy atom. The van der Waals surface area contributed by atoms with Crippen molar-refractivity contribution in [2.45, 2.75) is 13.8 Å². The van der Waals surface area contributed by atoms with E-state index in [4.69, 9.17) is 0 Å². The van der Waals surface area contributed by atoms with Crippen LogP contribution in [0.25, 0.3) is 0 Å². The number of anilines is 2. The number of aliphatic imine (C=N–C) groups is 1. The second kappa shape index (κ2) is 6.45. The molecule has 3 rings (SSSR count). The Labute approximate surface area is 139 Å². The quantitative estimate of drug-likeness (QED) is 0.943. The zero-order valence-electron chi connectivity index (χ0n) is 13.4. The highest BCUT2D eigenvalue weighted by molar-refractivity contribution is 6.71. The fraction of sp³-hybridized carbons (Fsp3) is 0.111. The van der Waals surface area contributed by atoms with Crippen molar-refractivity contribution in [3.8, 4) is 0 Å². The maximum atomic E-state index is 12.6. The first-order chi connectivity index (χ1) is 11.5. The molecule has 1 heterocycles. The monoisotopic (exact) mass is 320 g/mol. The van der Waals surface area contributed by atoms with E-state index in [0.29, 0.717) is 28.5 Å². The molecule has 1 aliphatic heterocycles. The predicted molar refractivity (Wildman–Crippen MR) is 94.9 cm³/mol. The minimum atomic E-state index is -0.260. The Morgan fingerprint density at radius 1 is 1.08 bits per heavy atom. The van der Waals surface area contributed by atoms with E-state index in [1.807, 2.05) is 30.3 Å². The molecule has 2 aromatic carbocycles. The average molecular weight is 320 g/mol. The summed E-state index contributed by atoms with van der Waals surface area (Å²) >= 11 is 0. The van der Waals surface area contributed by atoms with Gasteiger partial charge >= 0.3 is 0 Å². The highest BCUT2D eigenvalue weighted by Crippen LogP contribution is 2.22. The largest absolute Gasteiger partial charge is 0.326 e. The molecule has 0 aliphatic carbocycles. The van der Waals surface area contributed by atoms with Crippen LogP contribution in [-0.4, -0.2) is 23.2 Å². The standard InChI is InChI=1S/C18H16N4O2/c1-12-17(18(24)22(21-12)16-6-4-3-5-7-16)20-15-10-8-14(9-11-15)19-13(2)23/h3-11H,1-2H3,(H,19,23). The van der Waals surface area contributed by atoms with Crippen LogP contribution in [-0.2, 0) is 9.59 Å². The molecular weight excluding hydrogens is 304 g/mol. The van der Waals surface area contributed by atoms with E-state index in [1.54, 1.807) is 31.2 Å². The minimum absolute atomic E-state index is 0.137. The zero-order valence-corrected chi connectivity index (χ0v) is 13.4. The normalized spacial score (nSPS) is 15.6. The highest BCUT2D eigenvalue weighted by Gasteiger charge is 2.30. The van der Waals surface area contributed by atoms with Gasteiger partial charge in [-0.3, -0.25) is 9.59 Å². The van der Waals surface area contributed by atoms with E-state index in [9.17, 15) is 9.59 Å². The molecule has 24 heavy (non-hydrogen) atoms. The third-order valence-corrected chi connectivity index (χ3v) is 3.42. The summed E-state index contributed by atoms with van der Waals surface area (Å²) in [5.74, 6) is -0.397. The summed E-state index contributed by atoms with van der Waals surface area (Å²) in [5, 5.41) is 8.32. The third kappa shape index (κ3) is 3.22. The van der Waals surface area contributed by atoms with E-state index < -0.39 is 0 Å². The van der Waals surface area contributed by atoms with Crippen molar-refractivity contribution in [1.82, 2.24) is 0 Å². The SMILES string of the molecule is CC(=O)Nc1ccc(N=C2C(=O)N(c3ccccc3)N=C2C)cc1. The number of nitrogens with one attached hydrogen (secondary N) is 1. The fourth-order valence-electron chi connectivity index (χ4n) is 2.32. The van der Waals surface area contributed by atoms with Crippen LogP contribution in [0.5, 0.6) is 0 Å². The van der Waals surface area contributed by atoms with Gasteiger partial charge in [-0.25, -0.2) is 4.99 Å². The first-order valence-electron chi connectivity index (χ1n) is 7.46. The highest BCUT2D eigenvalue weighted by atomic mass is 16.2. The van der Waals surface area contributed by atoms with Crippen LogP contribution in [0.15, 0.2) is 64.7 Å². The summed E-state index contributed by atoms with van der Waals surface area (Å²) in [6, 6.07) is 16.2. The van der Waals surface area contributed by atoms with Crippen molar-refractivity contribution < 1.29 is 9.59 Å². The van der Waals surface area contributed by atoms with Gasteiger partial charge in [0.2, 0.25) is 5.91 Å². The molecule has 0 radical (unpaired) electrons. The molecule has 0 fully saturated rings. The van der Waals surface area contributed by atoms with Gasteiger partial charge in [-0.1, -0.05) is 18.2 Å². The number of hydrazone groups is 1. The van der Waals surface area contributed by atoms with Crippen LogP contribution in [0, 0.1) is 0 Å². The van der Waals surface area contributed by atoms with Gasteiger partial charge in [0.1, 0.15) is 0 Å². The Balaban J connectivity index is 1.84. The number of carbonyl (C=O) groups is 2. The second-order valence-electron chi connectivity index (χ2n) is 5.33. The maximum Gasteiger partial charge on any atom is 0.299 e. The molecule has 6 heteroatoms. The lowest BCUT2D eigenvalue weighted by Gasteiger charge is -2.10. The number of nitrogens with zero attached hydrogens (tertiary/aromatic N) is 3. The molecule has 0 atom stereocenters. The smallest absolute Gasteiger partial charge is 0.299 e. The van der Waals surface area contributed by atoms with Crippen LogP contribution in [0.3, 0.4) is 0 Å². The van der Waals surface area contributed by atoms with Crippen LogP contribution >= 0.6 is 0 Å². The van der Waals surface area contributed by atoms with Crippen molar-refractivity contribution in [3.05, 3.63) is 54.6 Å². The number of hydrogen-bond acceptors (Lipinski definition) is 4. The Kier molecular flexibility index (Phi) is 4.20. The first kappa shape index (κ1) is 15.6. The number of para-hydroxylation sites is 1. The van der Waals surface area contributed by atoms with Crippen LogP contribution in [0.2, 0.25) is 0 Å². The van der Waals surface area contributed by atoms with E-state index >= 15 is 0 Å². The second-order valence-corrected chi connectivity index (χ2v) is 5.33. The Hall–Kier alpha value is -3.28. The molecule has 0 spiro atoms. The average Bonchev–Trinajstić information content (AvgIpc) is 2.85. The molecular formula is C18H16N4O2. The van der Waals surface area contributed by atoms with E-state index in [-0.39, 0.29) is 11.8 Å².